The second-order valence-corrected chi connectivity index (χ2v) is 9.12. The van der Waals surface area contributed by atoms with Gasteiger partial charge in [-0.1, -0.05) is 25.8 Å². The summed E-state index contributed by atoms with van der Waals surface area (Å²) in [4.78, 5) is 42.2. The minimum atomic E-state index is -1.19. The zero-order chi connectivity index (χ0) is 24.6. The Bertz CT molecular complexity index is 1360. The molecule has 9 heteroatoms. The van der Waals surface area contributed by atoms with Crippen molar-refractivity contribution in [3.05, 3.63) is 80.3 Å². The molecule has 6 nitrogen and oxygen atoms in total. The highest BCUT2D eigenvalue weighted by Gasteiger charge is 2.41. The summed E-state index contributed by atoms with van der Waals surface area (Å²) in [5, 5.41) is 2.63. The number of rotatable bonds is 7. The highest BCUT2D eigenvalue weighted by Crippen LogP contribution is 2.49. The number of nitrogens with zero attached hydrogens (tertiary/aromatic N) is 1. The number of aromatic nitrogens is 2. The highest BCUT2D eigenvalue weighted by atomic mass is 19.1. The Hall–Kier alpha value is -3.36. The standard InChI is InChI=1S/C25H26F3N3O3/c1-3-25(9-4-10-25)13-21(22(32)29-14(2)17-7-5-16(27)12-19(17)28)31-23(33)18-11-15(26)6-8-20(18)30-24(31)34/h5-8,11-12,14,21H,3-4,9-10,13H2,1-2H3,(H,29,32)(H,30,34)/t14-,21+/m0/s1. The number of amides is 1. The molecule has 180 valence electrons. The van der Waals surface area contributed by atoms with Crippen LogP contribution in [0.25, 0.3) is 10.9 Å². The molecule has 1 aromatic heterocycles. The number of H-pyrrole nitrogens is 1. The van der Waals surface area contributed by atoms with Gasteiger partial charge in [-0.25, -0.2) is 22.5 Å². The maximum Gasteiger partial charge on any atom is 0.329 e. The Kier molecular flexibility index (Phi) is 6.38. The molecule has 1 aliphatic carbocycles. The number of benzene rings is 2. The average molecular weight is 473 g/mol. The lowest BCUT2D eigenvalue weighted by molar-refractivity contribution is -0.127. The predicted octanol–water partition coefficient (Wildman–Crippen LogP) is 4.50. The van der Waals surface area contributed by atoms with Crippen molar-refractivity contribution in [1.29, 1.82) is 0 Å². The van der Waals surface area contributed by atoms with Crippen LogP contribution in [-0.2, 0) is 4.79 Å². The van der Waals surface area contributed by atoms with Gasteiger partial charge in [0.2, 0.25) is 5.91 Å². The summed E-state index contributed by atoms with van der Waals surface area (Å²) in [6.07, 6.45) is 3.67. The van der Waals surface area contributed by atoms with Crippen LogP contribution in [0.3, 0.4) is 0 Å². The van der Waals surface area contributed by atoms with Crippen molar-refractivity contribution in [1.82, 2.24) is 14.9 Å². The Morgan fingerprint density at radius 1 is 1.12 bits per heavy atom. The number of fused-ring (bicyclic) bond motifs is 1. The number of aromatic amines is 1. The van der Waals surface area contributed by atoms with E-state index < -0.39 is 46.7 Å². The van der Waals surface area contributed by atoms with Gasteiger partial charge in [-0.15, -0.1) is 0 Å². The van der Waals surface area contributed by atoms with Crippen molar-refractivity contribution in [2.24, 2.45) is 5.41 Å². The molecule has 2 aromatic carbocycles. The van der Waals surface area contributed by atoms with Gasteiger partial charge in [-0.2, -0.15) is 0 Å². The van der Waals surface area contributed by atoms with Crippen LogP contribution in [-0.4, -0.2) is 15.5 Å². The van der Waals surface area contributed by atoms with Crippen LogP contribution in [0.2, 0.25) is 0 Å². The van der Waals surface area contributed by atoms with Crippen molar-refractivity contribution < 1.29 is 18.0 Å². The lowest BCUT2D eigenvalue weighted by Crippen LogP contribution is -2.47. The van der Waals surface area contributed by atoms with E-state index in [0.717, 1.165) is 54.5 Å². The molecule has 0 saturated heterocycles. The fourth-order valence-corrected chi connectivity index (χ4v) is 4.81. The van der Waals surface area contributed by atoms with E-state index >= 15 is 0 Å². The lowest BCUT2D eigenvalue weighted by Gasteiger charge is -2.43. The van der Waals surface area contributed by atoms with E-state index in [0.29, 0.717) is 0 Å². The molecule has 2 N–H and O–H groups in total. The van der Waals surface area contributed by atoms with Crippen LogP contribution in [0, 0.1) is 22.9 Å². The molecule has 1 amide bonds. The van der Waals surface area contributed by atoms with Gasteiger partial charge in [0, 0.05) is 11.6 Å². The highest BCUT2D eigenvalue weighted by molar-refractivity contribution is 5.82. The zero-order valence-corrected chi connectivity index (χ0v) is 19.0. The molecule has 1 saturated carbocycles. The normalized spacial score (nSPS) is 16.6. The summed E-state index contributed by atoms with van der Waals surface area (Å²) in [7, 11) is 0. The third-order valence-electron chi connectivity index (χ3n) is 7.08. The number of hydrogen-bond donors (Lipinski definition) is 2. The van der Waals surface area contributed by atoms with Gasteiger partial charge in [-0.05, 0) is 55.9 Å². The molecule has 0 spiro atoms. The van der Waals surface area contributed by atoms with Crippen molar-refractivity contribution >= 4 is 16.8 Å². The summed E-state index contributed by atoms with van der Waals surface area (Å²) in [5.74, 6) is -2.84. The summed E-state index contributed by atoms with van der Waals surface area (Å²) in [6.45, 7) is 3.53. The van der Waals surface area contributed by atoms with Gasteiger partial charge < -0.3 is 10.3 Å². The van der Waals surface area contributed by atoms with Crippen LogP contribution in [0.4, 0.5) is 13.2 Å². The first-order valence-electron chi connectivity index (χ1n) is 11.3. The first-order valence-corrected chi connectivity index (χ1v) is 11.3. The fraction of sp³-hybridized carbons (Fsp3) is 0.400. The molecular weight excluding hydrogens is 447 g/mol. The molecule has 2 atom stereocenters. The first kappa shape index (κ1) is 23.8. The molecule has 34 heavy (non-hydrogen) atoms. The fourth-order valence-electron chi connectivity index (χ4n) is 4.81. The topological polar surface area (TPSA) is 84.0 Å². The maximum atomic E-state index is 14.3. The minimum absolute atomic E-state index is 0.0471. The Balaban J connectivity index is 1.76. The smallest absolute Gasteiger partial charge is 0.329 e. The molecular formula is C25H26F3N3O3. The molecule has 1 fully saturated rings. The second kappa shape index (κ2) is 9.12. The monoisotopic (exact) mass is 473 g/mol. The van der Waals surface area contributed by atoms with Crippen molar-refractivity contribution in [3.63, 3.8) is 0 Å². The van der Waals surface area contributed by atoms with Crippen LogP contribution in [0.1, 0.15) is 63.6 Å². The summed E-state index contributed by atoms with van der Waals surface area (Å²) in [6, 6.07) is 4.47. The average Bonchev–Trinajstić information content (AvgIpc) is 2.75. The van der Waals surface area contributed by atoms with Crippen LogP contribution >= 0.6 is 0 Å². The Morgan fingerprint density at radius 3 is 2.41 bits per heavy atom. The molecule has 0 bridgehead atoms. The van der Waals surface area contributed by atoms with E-state index in [9.17, 15) is 27.6 Å². The molecule has 0 unspecified atom stereocenters. The minimum Gasteiger partial charge on any atom is -0.348 e. The third kappa shape index (κ3) is 4.38. The van der Waals surface area contributed by atoms with E-state index in [1.54, 1.807) is 0 Å². The van der Waals surface area contributed by atoms with E-state index in [4.69, 9.17) is 0 Å². The number of nitrogens with one attached hydrogen (secondary N) is 2. The zero-order valence-electron chi connectivity index (χ0n) is 19.0. The van der Waals surface area contributed by atoms with E-state index in [-0.39, 0.29) is 28.3 Å². The molecule has 1 aliphatic rings. The number of hydrogen-bond acceptors (Lipinski definition) is 3. The number of carbonyl (C=O) groups is 1. The SMILES string of the molecule is CCC1(C[C@H](C(=O)N[C@@H](C)c2ccc(F)cc2F)n2c(=O)[nH]c3ccc(F)cc3c2=O)CCC1. The van der Waals surface area contributed by atoms with Crippen LogP contribution in [0.15, 0.2) is 46.0 Å². The first-order chi connectivity index (χ1) is 16.1. The summed E-state index contributed by atoms with van der Waals surface area (Å²) < 4.78 is 42.3. The Labute approximate surface area is 193 Å². The third-order valence-corrected chi connectivity index (χ3v) is 7.08. The van der Waals surface area contributed by atoms with Crippen LogP contribution in [0.5, 0.6) is 0 Å². The molecule has 4 rings (SSSR count). The van der Waals surface area contributed by atoms with Gasteiger partial charge in [0.1, 0.15) is 23.5 Å². The number of halogens is 3. The number of carbonyl (C=O) groups excluding carboxylic acids is 1. The Morgan fingerprint density at radius 2 is 1.79 bits per heavy atom. The molecule has 3 aromatic rings. The van der Waals surface area contributed by atoms with Crippen molar-refractivity contribution in [2.75, 3.05) is 0 Å². The van der Waals surface area contributed by atoms with Gasteiger partial charge in [0.05, 0.1) is 16.9 Å². The van der Waals surface area contributed by atoms with E-state index in [1.165, 1.54) is 19.1 Å². The maximum absolute atomic E-state index is 14.3. The summed E-state index contributed by atoms with van der Waals surface area (Å²) >= 11 is 0. The molecule has 1 heterocycles. The predicted molar refractivity (Wildman–Crippen MR) is 122 cm³/mol. The lowest BCUT2D eigenvalue weighted by atomic mass is 9.63. The van der Waals surface area contributed by atoms with Crippen molar-refractivity contribution in [2.45, 2.75) is 58.0 Å². The van der Waals surface area contributed by atoms with Gasteiger partial charge in [0.15, 0.2) is 0 Å². The summed E-state index contributed by atoms with van der Waals surface area (Å²) in [5.41, 5.74) is -1.53. The van der Waals surface area contributed by atoms with Gasteiger partial charge >= 0.3 is 5.69 Å². The largest absolute Gasteiger partial charge is 0.348 e. The van der Waals surface area contributed by atoms with Crippen LogP contribution < -0.4 is 16.6 Å². The van der Waals surface area contributed by atoms with E-state index in [2.05, 4.69) is 10.3 Å². The molecule has 0 aliphatic heterocycles. The molecule has 0 radical (unpaired) electrons. The quantitative estimate of drug-likeness (QED) is 0.530. The second-order valence-electron chi connectivity index (χ2n) is 9.12. The van der Waals surface area contributed by atoms with Gasteiger partial charge in [0.25, 0.3) is 5.56 Å². The van der Waals surface area contributed by atoms with Gasteiger partial charge in [-0.3, -0.25) is 9.59 Å². The van der Waals surface area contributed by atoms with E-state index in [1.807, 2.05) is 6.92 Å². The van der Waals surface area contributed by atoms with Crippen molar-refractivity contribution in [3.8, 4) is 0 Å².